The maximum absolute atomic E-state index is 13.4. The van der Waals surface area contributed by atoms with Gasteiger partial charge in [-0.25, -0.2) is 0 Å². The number of para-hydroxylation sites is 1. The third kappa shape index (κ3) is 3.35. The third-order valence-electron chi connectivity index (χ3n) is 6.00. The van der Waals surface area contributed by atoms with Gasteiger partial charge in [0.25, 0.3) is 0 Å². The summed E-state index contributed by atoms with van der Waals surface area (Å²) in [5, 5.41) is 3.11. The van der Waals surface area contributed by atoms with Crippen LogP contribution < -0.4 is 10.2 Å². The van der Waals surface area contributed by atoms with Gasteiger partial charge in [0, 0.05) is 25.2 Å². The summed E-state index contributed by atoms with van der Waals surface area (Å²) in [5.41, 5.74) is 2.39. The lowest BCUT2D eigenvalue weighted by molar-refractivity contribution is -0.124. The van der Waals surface area contributed by atoms with E-state index in [1.807, 2.05) is 49.5 Å². The molecule has 4 rings (SSSR count). The minimum Gasteiger partial charge on any atom is -0.353 e. The Balaban J connectivity index is 1.61. The van der Waals surface area contributed by atoms with Crippen molar-refractivity contribution in [1.82, 2.24) is 5.32 Å². The van der Waals surface area contributed by atoms with E-state index in [0.717, 1.165) is 29.7 Å². The summed E-state index contributed by atoms with van der Waals surface area (Å²) in [7, 11) is 1.83. The van der Waals surface area contributed by atoms with Crippen molar-refractivity contribution in [3.05, 3.63) is 77.9 Å². The highest BCUT2D eigenvalue weighted by Gasteiger charge is 2.49. The molecular formula is C24H26N2O2. The van der Waals surface area contributed by atoms with Gasteiger partial charge in [0.2, 0.25) is 11.8 Å². The van der Waals surface area contributed by atoms with Gasteiger partial charge in [-0.05, 0) is 42.9 Å². The van der Waals surface area contributed by atoms with E-state index in [1.165, 1.54) is 0 Å². The molecule has 28 heavy (non-hydrogen) atoms. The van der Waals surface area contributed by atoms with Crippen molar-refractivity contribution in [3.63, 3.8) is 0 Å². The van der Waals surface area contributed by atoms with Gasteiger partial charge in [0.05, 0.1) is 5.41 Å². The fourth-order valence-corrected chi connectivity index (χ4v) is 4.52. The Morgan fingerprint density at radius 3 is 2.50 bits per heavy atom. The molecule has 0 fully saturated rings. The molecule has 144 valence electrons. The molecule has 1 heterocycles. The molecule has 0 saturated heterocycles. The molecule has 0 bridgehead atoms. The van der Waals surface area contributed by atoms with E-state index in [1.54, 1.807) is 4.90 Å². The number of benzene rings is 2. The molecule has 0 unspecified atom stereocenters. The SMILES string of the molecule is CN1C(=O)[C@@](CCC(=O)NC2CC=CC2)(Cc2ccccc2)c2ccccc21. The van der Waals surface area contributed by atoms with Gasteiger partial charge >= 0.3 is 0 Å². The van der Waals surface area contributed by atoms with Crippen LogP contribution in [0, 0.1) is 0 Å². The van der Waals surface area contributed by atoms with E-state index in [4.69, 9.17) is 0 Å². The zero-order chi connectivity index (χ0) is 19.6. The summed E-state index contributed by atoms with van der Waals surface area (Å²) >= 11 is 0. The van der Waals surface area contributed by atoms with Gasteiger partial charge < -0.3 is 10.2 Å². The summed E-state index contributed by atoms with van der Waals surface area (Å²) in [6, 6.07) is 18.3. The number of carbonyl (C=O) groups is 2. The number of carbonyl (C=O) groups excluding carboxylic acids is 2. The van der Waals surface area contributed by atoms with Crippen molar-refractivity contribution < 1.29 is 9.59 Å². The van der Waals surface area contributed by atoms with Crippen molar-refractivity contribution in [2.75, 3.05) is 11.9 Å². The number of fused-ring (bicyclic) bond motifs is 1. The van der Waals surface area contributed by atoms with E-state index in [9.17, 15) is 9.59 Å². The second-order valence-electron chi connectivity index (χ2n) is 7.83. The lowest BCUT2D eigenvalue weighted by atomic mass is 9.73. The Labute approximate surface area is 166 Å². The van der Waals surface area contributed by atoms with E-state index < -0.39 is 5.41 Å². The van der Waals surface area contributed by atoms with Gasteiger partial charge in [-0.2, -0.15) is 0 Å². The molecule has 1 N–H and O–H groups in total. The minimum atomic E-state index is -0.696. The molecule has 4 nitrogen and oxygen atoms in total. The largest absolute Gasteiger partial charge is 0.353 e. The molecule has 2 aromatic carbocycles. The average Bonchev–Trinajstić information content (AvgIpc) is 3.30. The van der Waals surface area contributed by atoms with Crippen LogP contribution in [0.5, 0.6) is 0 Å². The first-order valence-electron chi connectivity index (χ1n) is 9.96. The predicted octanol–water partition coefficient (Wildman–Crippen LogP) is 3.76. The molecular weight excluding hydrogens is 348 g/mol. The third-order valence-corrected chi connectivity index (χ3v) is 6.00. The molecule has 2 amide bonds. The van der Waals surface area contributed by atoms with Gasteiger partial charge in [-0.1, -0.05) is 60.7 Å². The quantitative estimate of drug-likeness (QED) is 0.783. The highest BCUT2D eigenvalue weighted by atomic mass is 16.2. The summed E-state index contributed by atoms with van der Waals surface area (Å²) in [6.45, 7) is 0. The number of nitrogens with zero attached hydrogens (tertiary/aromatic N) is 1. The highest BCUT2D eigenvalue weighted by Crippen LogP contribution is 2.46. The van der Waals surface area contributed by atoms with Crippen molar-refractivity contribution in [2.45, 2.75) is 43.6 Å². The molecule has 1 aliphatic carbocycles. The van der Waals surface area contributed by atoms with E-state index in [2.05, 4.69) is 29.6 Å². The lowest BCUT2D eigenvalue weighted by Crippen LogP contribution is -2.42. The highest BCUT2D eigenvalue weighted by molar-refractivity contribution is 6.08. The van der Waals surface area contributed by atoms with Crippen LogP contribution in [-0.4, -0.2) is 24.9 Å². The van der Waals surface area contributed by atoms with Crippen LogP contribution in [0.1, 0.15) is 36.8 Å². The van der Waals surface area contributed by atoms with Crippen molar-refractivity contribution in [3.8, 4) is 0 Å². The first kappa shape index (κ1) is 18.5. The monoisotopic (exact) mass is 374 g/mol. The summed E-state index contributed by atoms with van der Waals surface area (Å²) < 4.78 is 0. The van der Waals surface area contributed by atoms with Crippen LogP contribution >= 0.6 is 0 Å². The second-order valence-corrected chi connectivity index (χ2v) is 7.83. The standard InChI is InChI=1S/C24H26N2O2/c1-26-21-14-8-7-13-20(21)24(23(26)28,17-18-9-3-2-4-10-18)16-15-22(27)25-19-11-5-6-12-19/h2-10,13-14,19H,11-12,15-17H2,1H3,(H,25,27)/t24-/m0/s1. The van der Waals surface area contributed by atoms with Gasteiger partial charge in [-0.3, -0.25) is 9.59 Å². The molecule has 0 radical (unpaired) electrons. The van der Waals surface area contributed by atoms with Crippen molar-refractivity contribution in [1.29, 1.82) is 0 Å². The van der Waals surface area contributed by atoms with Crippen molar-refractivity contribution in [2.24, 2.45) is 0 Å². The Kier molecular flexibility index (Phi) is 5.03. The smallest absolute Gasteiger partial charge is 0.237 e. The number of amides is 2. The number of rotatable bonds is 6. The van der Waals surface area contributed by atoms with E-state index in [0.29, 0.717) is 19.3 Å². The molecule has 0 saturated carbocycles. The molecule has 2 aromatic rings. The molecule has 0 aromatic heterocycles. The van der Waals surface area contributed by atoms with Gasteiger partial charge in [-0.15, -0.1) is 0 Å². The Bertz CT molecular complexity index is 898. The van der Waals surface area contributed by atoms with Crippen LogP contribution in [0.2, 0.25) is 0 Å². The van der Waals surface area contributed by atoms with Crippen molar-refractivity contribution >= 4 is 17.5 Å². The number of nitrogens with one attached hydrogen (secondary N) is 1. The molecule has 4 heteroatoms. The fourth-order valence-electron chi connectivity index (χ4n) is 4.52. The van der Waals surface area contributed by atoms with Crippen LogP contribution in [-0.2, 0) is 21.4 Å². The molecule has 0 spiro atoms. The Morgan fingerprint density at radius 2 is 1.75 bits per heavy atom. The molecule has 1 atom stereocenters. The van der Waals surface area contributed by atoms with E-state index >= 15 is 0 Å². The first-order chi connectivity index (χ1) is 13.6. The maximum Gasteiger partial charge on any atom is 0.237 e. The summed E-state index contributed by atoms with van der Waals surface area (Å²) in [5.74, 6) is 0.105. The average molecular weight is 374 g/mol. The number of likely N-dealkylation sites (N-methyl/N-ethyl adjacent to an activating group) is 1. The Morgan fingerprint density at radius 1 is 1.07 bits per heavy atom. The number of anilines is 1. The zero-order valence-corrected chi connectivity index (χ0v) is 16.2. The van der Waals surface area contributed by atoms with Crippen LogP contribution in [0.4, 0.5) is 5.69 Å². The topological polar surface area (TPSA) is 49.4 Å². The lowest BCUT2D eigenvalue weighted by Gasteiger charge is -2.29. The Hall–Kier alpha value is -2.88. The summed E-state index contributed by atoms with van der Waals surface area (Å²) in [6.07, 6.45) is 7.45. The second kappa shape index (κ2) is 7.63. The summed E-state index contributed by atoms with van der Waals surface area (Å²) in [4.78, 5) is 27.8. The minimum absolute atomic E-state index is 0.0287. The number of hydrogen-bond acceptors (Lipinski definition) is 2. The van der Waals surface area contributed by atoms with E-state index in [-0.39, 0.29) is 17.9 Å². The van der Waals surface area contributed by atoms with Crippen LogP contribution in [0.25, 0.3) is 0 Å². The fraction of sp³-hybridized carbons (Fsp3) is 0.333. The number of hydrogen-bond donors (Lipinski definition) is 1. The molecule has 2 aliphatic rings. The zero-order valence-electron chi connectivity index (χ0n) is 16.2. The van der Waals surface area contributed by atoms with Gasteiger partial charge in [0.1, 0.15) is 0 Å². The normalized spacial score (nSPS) is 21.2. The van der Waals surface area contributed by atoms with Crippen LogP contribution in [0.3, 0.4) is 0 Å². The van der Waals surface area contributed by atoms with Crippen LogP contribution in [0.15, 0.2) is 66.7 Å². The molecule has 1 aliphatic heterocycles. The first-order valence-corrected chi connectivity index (χ1v) is 9.96. The maximum atomic E-state index is 13.4. The predicted molar refractivity (Wildman–Crippen MR) is 111 cm³/mol. The van der Waals surface area contributed by atoms with Gasteiger partial charge in [0.15, 0.2) is 0 Å².